The molecule has 0 bridgehead atoms. The number of amides is 2. The summed E-state index contributed by atoms with van der Waals surface area (Å²) in [6, 6.07) is 13.4. The fourth-order valence-electron chi connectivity index (χ4n) is 6.83. The Morgan fingerprint density at radius 1 is 1.06 bits per heavy atom. The third-order valence-electron chi connectivity index (χ3n) is 9.58. The van der Waals surface area contributed by atoms with Gasteiger partial charge in [0, 0.05) is 24.6 Å². The first-order valence-corrected chi connectivity index (χ1v) is 17.4. The Morgan fingerprint density at radius 2 is 1.88 bits per heavy atom. The van der Waals surface area contributed by atoms with Gasteiger partial charge in [0.25, 0.3) is 0 Å². The van der Waals surface area contributed by atoms with Crippen molar-refractivity contribution in [2.75, 3.05) is 44.0 Å². The van der Waals surface area contributed by atoms with Gasteiger partial charge in [0.1, 0.15) is 23.4 Å². The highest BCUT2D eigenvalue weighted by Crippen LogP contribution is 2.39. The number of pyridine rings is 1. The van der Waals surface area contributed by atoms with Crippen LogP contribution in [0.1, 0.15) is 75.4 Å². The molecule has 4 aromatic heterocycles. The van der Waals surface area contributed by atoms with E-state index in [9.17, 15) is 9.90 Å². The van der Waals surface area contributed by atoms with Gasteiger partial charge in [-0.15, -0.1) is 10.2 Å². The second-order valence-corrected chi connectivity index (χ2v) is 14.6. The van der Waals surface area contributed by atoms with E-state index in [1.165, 1.54) is 0 Å². The molecule has 3 atom stereocenters. The Kier molecular flexibility index (Phi) is 9.23. The van der Waals surface area contributed by atoms with Gasteiger partial charge in [-0.3, -0.25) is 14.4 Å². The second kappa shape index (κ2) is 13.8. The molecule has 0 radical (unpaired) electrons. The molecule has 14 nitrogen and oxygen atoms in total. The van der Waals surface area contributed by atoms with E-state index in [-0.39, 0.29) is 36.2 Å². The molecule has 0 spiro atoms. The number of rotatable bonds is 10. The number of likely N-dealkylation sites (N-methyl/N-ethyl adjacent to an activating group) is 1. The van der Waals surface area contributed by atoms with Crippen LogP contribution >= 0.6 is 0 Å². The van der Waals surface area contributed by atoms with E-state index in [0.717, 1.165) is 66.6 Å². The molecular weight excluding hydrogens is 634 g/mol. The van der Waals surface area contributed by atoms with Gasteiger partial charge >= 0.3 is 6.03 Å². The van der Waals surface area contributed by atoms with Gasteiger partial charge in [-0.05, 0) is 63.0 Å². The summed E-state index contributed by atoms with van der Waals surface area (Å²) in [4.78, 5) is 17.9. The normalized spacial score (nSPS) is 19.3. The quantitative estimate of drug-likeness (QED) is 0.191. The van der Waals surface area contributed by atoms with Gasteiger partial charge in [-0.25, -0.2) is 9.48 Å². The van der Waals surface area contributed by atoms with Gasteiger partial charge in [-0.2, -0.15) is 10.2 Å². The lowest BCUT2D eigenvalue weighted by atomic mass is 9.85. The summed E-state index contributed by atoms with van der Waals surface area (Å²) in [5, 5.41) is 34.4. The summed E-state index contributed by atoms with van der Waals surface area (Å²) in [5.74, 6) is 2.00. The van der Waals surface area contributed by atoms with E-state index in [1.807, 2.05) is 65.9 Å². The van der Waals surface area contributed by atoms with Gasteiger partial charge in [0.05, 0.1) is 49.5 Å². The highest BCUT2D eigenvalue weighted by Gasteiger charge is 2.31. The average Bonchev–Trinajstić information content (AvgIpc) is 3.90. The number of aromatic nitrogens is 7. The van der Waals surface area contributed by atoms with Crippen molar-refractivity contribution >= 4 is 23.4 Å². The molecule has 1 aliphatic carbocycles. The zero-order valence-electron chi connectivity index (χ0n) is 29.5. The Bertz CT molecular complexity index is 1960. The van der Waals surface area contributed by atoms with Gasteiger partial charge < -0.3 is 25.0 Å². The zero-order chi connectivity index (χ0) is 35.0. The molecule has 1 aromatic carbocycles. The lowest BCUT2D eigenvalue weighted by molar-refractivity contribution is 0.171. The summed E-state index contributed by atoms with van der Waals surface area (Å²) in [7, 11) is 4.07. The molecule has 2 aliphatic rings. The van der Waals surface area contributed by atoms with Crippen molar-refractivity contribution in [1.82, 2.24) is 44.4 Å². The summed E-state index contributed by atoms with van der Waals surface area (Å²) in [6.45, 7) is 8.83. The van der Waals surface area contributed by atoms with Crippen molar-refractivity contribution in [3.05, 3.63) is 77.9 Å². The maximum atomic E-state index is 13.6. The van der Waals surface area contributed by atoms with E-state index >= 15 is 0 Å². The number of nitrogens with one attached hydrogen (secondary N) is 2. The number of hydrogen-bond donors (Lipinski definition) is 3. The predicted molar refractivity (Wildman–Crippen MR) is 191 cm³/mol. The van der Waals surface area contributed by atoms with Gasteiger partial charge in [0.15, 0.2) is 5.65 Å². The van der Waals surface area contributed by atoms with Gasteiger partial charge in [-0.1, -0.05) is 45.0 Å². The molecular formula is C36H47N11O3. The van der Waals surface area contributed by atoms with Crippen molar-refractivity contribution < 1.29 is 14.6 Å². The maximum Gasteiger partial charge on any atom is 0.320 e. The molecule has 50 heavy (non-hydrogen) atoms. The number of carbonyl (C=O) groups excluding carboxylic acids is 1. The third kappa shape index (κ3) is 6.90. The van der Waals surface area contributed by atoms with Crippen LogP contribution in [-0.2, 0) is 12.0 Å². The fraction of sp³-hybridized carbons (Fsp3) is 0.472. The molecule has 0 unspecified atom stereocenters. The van der Waals surface area contributed by atoms with Crippen LogP contribution < -0.4 is 20.3 Å². The minimum absolute atomic E-state index is 0.0389. The molecule has 2 amide bonds. The number of nitrogens with zero attached hydrogens (tertiary/aromatic N) is 9. The van der Waals surface area contributed by atoms with Crippen LogP contribution in [0.5, 0.6) is 5.75 Å². The standard InChI is InChI=1S/C36H47N11O3/c1-36(2,3)31-19-33(47(42-31)25-20-37-44(21-25)18-17-43(4)5)39-34(49)38-29-13-14-30(28-11-7-6-10-27(28)29)50-26-12-15-32-40-41-35(46(32)22-26)45-16-8-9-24(45)23-48/h6-7,10-12,15,19-22,24,29-30,48H,8-9,13-14,16-18,23H2,1-5H3,(H2,38,39,49)/t24-,29-,30+/m0/s1. The number of aliphatic hydroxyl groups is 1. The first kappa shape index (κ1) is 33.5. The first-order valence-electron chi connectivity index (χ1n) is 17.4. The smallest absolute Gasteiger partial charge is 0.320 e. The maximum absolute atomic E-state index is 13.6. The Morgan fingerprint density at radius 3 is 2.66 bits per heavy atom. The topological polar surface area (TPSA) is 143 Å². The monoisotopic (exact) mass is 681 g/mol. The summed E-state index contributed by atoms with van der Waals surface area (Å²) in [5.41, 5.74) is 4.22. The lowest BCUT2D eigenvalue weighted by Gasteiger charge is -2.32. The number of fused-ring (bicyclic) bond motifs is 2. The van der Waals surface area contributed by atoms with Gasteiger partial charge in [0.2, 0.25) is 5.95 Å². The van der Waals surface area contributed by atoms with Crippen LogP contribution in [0.15, 0.2) is 61.1 Å². The van der Waals surface area contributed by atoms with Crippen molar-refractivity contribution in [2.45, 2.75) is 76.6 Å². The number of carbonyl (C=O) groups is 1. The molecule has 264 valence electrons. The number of aliphatic hydroxyl groups excluding tert-OH is 1. The van der Waals surface area contributed by atoms with Crippen molar-refractivity contribution in [3.8, 4) is 11.4 Å². The molecule has 5 heterocycles. The van der Waals surface area contributed by atoms with E-state index in [1.54, 1.807) is 10.9 Å². The molecule has 7 rings (SSSR count). The van der Waals surface area contributed by atoms with Crippen LogP contribution in [0.4, 0.5) is 16.6 Å². The van der Waals surface area contributed by atoms with Crippen LogP contribution in [0.2, 0.25) is 0 Å². The van der Waals surface area contributed by atoms with Crippen LogP contribution in [0.3, 0.4) is 0 Å². The summed E-state index contributed by atoms with van der Waals surface area (Å²) < 4.78 is 12.2. The van der Waals surface area contributed by atoms with Crippen molar-refractivity contribution in [1.29, 1.82) is 0 Å². The fourth-order valence-corrected chi connectivity index (χ4v) is 6.83. The zero-order valence-corrected chi connectivity index (χ0v) is 29.5. The molecule has 0 saturated carbocycles. The molecule has 1 aliphatic heterocycles. The Labute approximate surface area is 292 Å². The Balaban J connectivity index is 1.07. The Hall–Kier alpha value is -4.95. The number of urea groups is 1. The number of anilines is 2. The lowest BCUT2D eigenvalue weighted by Crippen LogP contribution is -2.36. The third-order valence-corrected chi connectivity index (χ3v) is 9.58. The van der Waals surface area contributed by atoms with Crippen LogP contribution in [-0.4, -0.2) is 90.0 Å². The van der Waals surface area contributed by atoms with E-state index < -0.39 is 0 Å². The molecule has 5 aromatic rings. The second-order valence-electron chi connectivity index (χ2n) is 14.6. The molecule has 1 saturated heterocycles. The number of hydrogen-bond acceptors (Lipinski definition) is 9. The highest BCUT2D eigenvalue weighted by molar-refractivity contribution is 5.89. The summed E-state index contributed by atoms with van der Waals surface area (Å²) in [6.07, 6.45) is 8.81. The number of ether oxygens (including phenoxy) is 1. The van der Waals surface area contributed by atoms with E-state index in [0.29, 0.717) is 24.4 Å². The highest BCUT2D eigenvalue weighted by atomic mass is 16.5. The number of benzene rings is 1. The predicted octanol–water partition coefficient (Wildman–Crippen LogP) is 4.71. The molecule has 3 N–H and O–H groups in total. The minimum Gasteiger partial charge on any atom is -0.484 e. The minimum atomic E-state index is -0.306. The first-order chi connectivity index (χ1) is 24.1. The average molecular weight is 682 g/mol. The van der Waals surface area contributed by atoms with E-state index in [4.69, 9.17) is 9.84 Å². The summed E-state index contributed by atoms with van der Waals surface area (Å²) >= 11 is 0. The van der Waals surface area contributed by atoms with E-state index in [2.05, 4.69) is 68.6 Å². The molecule has 1 fully saturated rings. The molecule has 14 heteroatoms. The van der Waals surface area contributed by atoms with Crippen molar-refractivity contribution in [3.63, 3.8) is 0 Å². The van der Waals surface area contributed by atoms with Crippen LogP contribution in [0.25, 0.3) is 11.3 Å². The largest absolute Gasteiger partial charge is 0.484 e. The SMILES string of the molecule is CN(C)CCn1cc(-n2nc(C(C)(C)C)cc2NC(=O)N[C@H]2CC[C@@H](Oc3ccc4nnc(N5CCC[C@H]5CO)n4c3)c3ccccc32)cn1. The van der Waals surface area contributed by atoms with Crippen molar-refractivity contribution in [2.24, 2.45) is 0 Å². The van der Waals surface area contributed by atoms with Crippen LogP contribution in [0, 0.1) is 0 Å².